The molecule has 1 aromatic heterocycles. The highest BCUT2D eigenvalue weighted by Crippen LogP contribution is 2.39. The number of amides is 2. The Balaban J connectivity index is 1.69. The first-order valence-electron chi connectivity index (χ1n) is 10.8. The van der Waals surface area contributed by atoms with Gasteiger partial charge in [0.1, 0.15) is 17.2 Å². The van der Waals surface area contributed by atoms with Crippen LogP contribution in [0, 0.1) is 11.6 Å². The number of hydrogen-bond donors (Lipinski definition) is 3. The van der Waals surface area contributed by atoms with Gasteiger partial charge >= 0.3 is 0 Å². The van der Waals surface area contributed by atoms with Crippen molar-refractivity contribution >= 4 is 19.2 Å². The number of fused-ring (bicyclic) bond motifs is 2. The summed E-state index contributed by atoms with van der Waals surface area (Å²) in [5.74, 6) is -4.22. The van der Waals surface area contributed by atoms with Crippen molar-refractivity contribution in [1.29, 1.82) is 0 Å². The first kappa shape index (κ1) is 25.0. The molecule has 4 rings (SSSR count). The topological polar surface area (TPSA) is 138 Å². The SMILES string of the molecule is CP(=O)(O)CCN1CC2(CCOC2)n2cc(C(=O)NCc3ccc(F)cc3F)c(=O)c(O)c2C1=O. The molecule has 3 N–H and O–H groups in total. The quantitative estimate of drug-likeness (QED) is 0.496. The maximum atomic E-state index is 13.9. The molecule has 1 aromatic carbocycles. The van der Waals surface area contributed by atoms with Crippen molar-refractivity contribution in [3.05, 3.63) is 63.1 Å². The Labute approximate surface area is 198 Å². The standard InChI is InChI=1S/C22H24F2N3O7P/c1-35(32,33)7-5-26-11-22(4-6-34-12-22)27-10-15(18(28)19(29)17(27)21(26)31)20(30)25-9-13-2-3-14(23)8-16(13)24/h2-3,8,10,29H,4-7,9,11-12H2,1H3,(H,25,30)(H,32,33). The average molecular weight is 511 g/mol. The summed E-state index contributed by atoms with van der Waals surface area (Å²) in [5, 5.41) is 13.1. The second-order valence-electron chi connectivity index (χ2n) is 8.89. The van der Waals surface area contributed by atoms with Crippen molar-refractivity contribution < 1.29 is 37.7 Å². The fraction of sp³-hybridized carbons (Fsp3) is 0.409. The minimum atomic E-state index is -3.42. The third kappa shape index (κ3) is 4.86. The smallest absolute Gasteiger partial charge is 0.274 e. The van der Waals surface area contributed by atoms with E-state index in [0.29, 0.717) is 19.1 Å². The number of nitrogens with zero attached hydrogens (tertiary/aromatic N) is 2. The van der Waals surface area contributed by atoms with E-state index in [1.165, 1.54) is 22.3 Å². The summed E-state index contributed by atoms with van der Waals surface area (Å²) >= 11 is 0. The van der Waals surface area contributed by atoms with E-state index in [0.717, 1.165) is 12.1 Å². The van der Waals surface area contributed by atoms with Crippen LogP contribution in [0.3, 0.4) is 0 Å². The molecule has 0 aliphatic carbocycles. The Morgan fingerprint density at radius 2 is 2.06 bits per heavy atom. The predicted octanol–water partition coefficient (Wildman–Crippen LogP) is 1.23. The highest BCUT2D eigenvalue weighted by Gasteiger charge is 2.47. The fourth-order valence-corrected chi connectivity index (χ4v) is 4.94. The number of carbonyl (C=O) groups is 2. The van der Waals surface area contributed by atoms with E-state index >= 15 is 0 Å². The van der Waals surface area contributed by atoms with Crippen LogP contribution in [0.25, 0.3) is 0 Å². The Hall–Kier alpha value is -3.08. The number of hydrogen-bond acceptors (Lipinski definition) is 6. The fourth-order valence-electron chi connectivity index (χ4n) is 4.33. The van der Waals surface area contributed by atoms with Crippen molar-refractivity contribution in [2.45, 2.75) is 18.5 Å². The summed E-state index contributed by atoms with van der Waals surface area (Å²) in [5.41, 5.74) is -2.81. The van der Waals surface area contributed by atoms with Crippen LogP contribution in [0.2, 0.25) is 0 Å². The zero-order valence-corrected chi connectivity index (χ0v) is 19.7. The minimum Gasteiger partial charge on any atom is -0.503 e. The maximum Gasteiger partial charge on any atom is 0.274 e. The molecule has 3 heterocycles. The number of halogens is 2. The molecule has 13 heteroatoms. The van der Waals surface area contributed by atoms with Gasteiger partial charge in [0.2, 0.25) is 5.43 Å². The van der Waals surface area contributed by atoms with Crippen LogP contribution in [0.15, 0.2) is 29.2 Å². The predicted molar refractivity (Wildman–Crippen MR) is 120 cm³/mol. The van der Waals surface area contributed by atoms with Gasteiger partial charge in [0.05, 0.1) is 12.1 Å². The Bertz CT molecular complexity index is 1300. The molecule has 2 unspecified atom stereocenters. The van der Waals surface area contributed by atoms with Gasteiger partial charge < -0.3 is 29.5 Å². The zero-order valence-electron chi connectivity index (χ0n) is 18.8. The van der Waals surface area contributed by atoms with E-state index in [1.54, 1.807) is 0 Å². The molecule has 1 spiro atoms. The lowest BCUT2D eigenvalue weighted by Gasteiger charge is -2.43. The molecule has 10 nitrogen and oxygen atoms in total. The Morgan fingerprint density at radius 3 is 2.69 bits per heavy atom. The first-order chi connectivity index (χ1) is 16.4. The van der Waals surface area contributed by atoms with Gasteiger partial charge in [0.15, 0.2) is 18.8 Å². The number of pyridine rings is 1. The molecule has 2 aromatic rings. The van der Waals surface area contributed by atoms with Gasteiger partial charge in [-0.15, -0.1) is 0 Å². The molecule has 2 atom stereocenters. The number of nitrogens with one attached hydrogen (secondary N) is 1. The summed E-state index contributed by atoms with van der Waals surface area (Å²) in [6, 6.07) is 2.85. The van der Waals surface area contributed by atoms with Gasteiger partial charge in [-0.05, 0) is 12.5 Å². The lowest BCUT2D eigenvalue weighted by molar-refractivity contribution is 0.0511. The van der Waals surface area contributed by atoms with E-state index < -0.39 is 53.1 Å². The average Bonchev–Trinajstić information content (AvgIpc) is 3.25. The summed E-state index contributed by atoms with van der Waals surface area (Å²) in [7, 11) is -3.42. The third-order valence-corrected chi connectivity index (χ3v) is 7.27. The third-order valence-electron chi connectivity index (χ3n) is 6.24. The van der Waals surface area contributed by atoms with Crippen molar-refractivity contribution in [3.8, 4) is 5.75 Å². The normalized spacial score (nSPS) is 21.1. The van der Waals surface area contributed by atoms with Crippen molar-refractivity contribution in [2.24, 2.45) is 0 Å². The van der Waals surface area contributed by atoms with Crippen molar-refractivity contribution in [2.75, 3.05) is 39.1 Å². The van der Waals surface area contributed by atoms with Crippen LogP contribution in [0.4, 0.5) is 8.78 Å². The van der Waals surface area contributed by atoms with E-state index in [9.17, 15) is 37.7 Å². The summed E-state index contributed by atoms with van der Waals surface area (Å²) in [6.45, 7) is 1.30. The second-order valence-corrected chi connectivity index (χ2v) is 11.4. The maximum absolute atomic E-state index is 13.9. The molecule has 0 bridgehead atoms. The van der Waals surface area contributed by atoms with Gasteiger partial charge in [0, 0.05) is 56.9 Å². The minimum absolute atomic E-state index is 0.00869. The molecule has 2 amide bonds. The van der Waals surface area contributed by atoms with E-state index in [2.05, 4.69) is 5.32 Å². The highest BCUT2D eigenvalue weighted by atomic mass is 31.2. The van der Waals surface area contributed by atoms with Crippen LogP contribution in [0.1, 0.15) is 32.8 Å². The summed E-state index contributed by atoms with van der Waals surface area (Å²) < 4.78 is 45.7. The molecule has 188 valence electrons. The first-order valence-corrected chi connectivity index (χ1v) is 13.1. The molecular formula is C22H24F2N3O7P. The number of aromatic nitrogens is 1. The van der Waals surface area contributed by atoms with Gasteiger partial charge in [0.25, 0.3) is 11.8 Å². The molecular weight excluding hydrogens is 487 g/mol. The van der Waals surface area contributed by atoms with Crippen LogP contribution in [0.5, 0.6) is 5.75 Å². The second kappa shape index (κ2) is 9.18. The highest BCUT2D eigenvalue weighted by molar-refractivity contribution is 7.57. The van der Waals surface area contributed by atoms with Gasteiger partial charge in [-0.25, -0.2) is 8.78 Å². The van der Waals surface area contributed by atoms with E-state index in [4.69, 9.17) is 4.74 Å². The van der Waals surface area contributed by atoms with Gasteiger partial charge in [-0.2, -0.15) is 0 Å². The molecule has 0 saturated carbocycles. The monoisotopic (exact) mass is 511 g/mol. The largest absolute Gasteiger partial charge is 0.503 e. The van der Waals surface area contributed by atoms with E-state index in [-0.39, 0.29) is 43.7 Å². The van der Waals surface area contributed by atoms with Crippen LogP contribution >= 0.6 is 7.37 Å². The molecule has 1 saturated heterocycles. The summed E-state index contributed by atoms with van der Waals surface area (Å²) in [6.07, 6.45) is 1.41. The van der Waals surface area contributed by atoms with Gasteiger partial charge in [-0.1, -0.05) is 6.07 Å². The molecule has 1 fully saturated rings. The zero-order chi connectivity index (χ0) is 25.5. The summed E-state index contributed by atoms with van der Waals surface area (Å²) in [4.78, 5) is 49.7. The van der Waals surface area contributed by atoms with Crippen molar-refractivity contribution in [3.63, 3.8) is 0 Å². The number of rotatable bonds is 6. The van der Waals surface area contributed by atoms with Crippen LogP contribution < -0.4 is 10.7 Å². The molecule has 2 aliphatic heterocycles. The van der Waals surface area contributed by atoms with Crippen molar-refractivity contribution in [1.82, 2.24) is 14.8 Å². The molecule has 2 aliphatic rings. The number of aromatic hydroxyl groups is 1. The van der Waals surface area contributed by atoms with Crippen LogP contribution in [-0.2, 0) is 21.4 Å². The lowest BCUT2D eigenvalue weighted by atomic mass is 9.92. The number of ether oxygens (including phenoxy) is 1. The lowest BCUT2D eigenvalue weighted by Crippen LogP contribution is -2.56. The molecule has 0 radical (unpaired) electrons. The van der Waals surface area contributed by atoms with Crippen LogP contribution in [-0.4, -0.2) is 70.4 Å². The number of benzene rings is 1. The van der Waals surface area contributed by atoms with E-state index in [1.807, 2.05) is 0 Å². The Morgan fingerprint density at radius 1 is 1.31 bits per heavy atom. The van der Waals surface area contributed by atoms with Gasteiger partial charge in [-0.3, -0.25) is 18.9 Å². The molecule has 35 heavy (non-hydrogen) atoms. The Kier molecular flexibility index (Phi) is 6.56. The number of carbonyl (C=O) groups excluding carboxylic acids is 2.